The van der Waals surface area contributed by atoms with Crippen LogP contribution in [-0.4, -0.2) is 43.0 Å². The minimum Gasteiger partial charge on any atom is -0.378 e. The van der Waals surface area contributed by atoms with Gasteiger partial charge in [-0.15, -0.1) is 0 Å². The van der Waals surface area contributed by atoms with Crippen LogP contribution in [0.25, 0.3) is 0 Å². The molecule has 2 aromatic rings. The van der Waals surface area contributed by atoms with Crippen LogP contribution in [0.2, 0.25) is 0 Å². The average Bonchev–Trinajstić information content (AvgIpc) is 2.68. The van der Waals surface area contributed by atoms with Gasteiger partial charge in [-0.05, 0) is 35.7 Å². The normalized spacial score (nSPS) is 14.3. The lowest BCUT2D eigenvalue weighted by Gasteiger charge is -2.27. The summed E-state index contributed by atoms with van der Waals surface area (Å²) in [4.78, 5) is 27.1. The van der Waals surface area contributed by atoms with Crippen molar-refractivity contribution in [2.75, 3.05) is 31.6 Å². The van der Waals surface area contributed by atoms with Crippen LogP contribution in [0.5, 0.6) is 0 Å². The molecule has 0 unspecified atom stereocenters. The van der Waals surface area contributed by atoms with E-state index in [0.717, 1.165) is 11.3 Å². The van der Waals surface area contributed by atoms with Crippen LogP contribution in [0.3, 0.4) is 0 Å². The molecule has 5 nitrogen and oxygen atoms in total. The number of morpholine rings is 1. The van der Waals surface area contributed by atoms with Crippen molar-refractivity contribution in [1.29, 1.82) is 0 Å². The summed E-state index contributed by atoms with van der Waals surface area (Å²) in [6.07, 6.45) is 0. The van der Waals surface area contributed by atoms with E-state index in [0.29, 0.717) is 43.3 Å². The Hall–Kier alpha value is -2.66. The Morgan fingerprint density at radius 3 is 2.42 bits per heavy atom. The Kier molecular flexibility index (Phi) is 5.68. The fraction of sp³-hybridized carbons (Fsp3) is 0.333. The first-order valence-electron chi connectivity index (χ1n) is 8.93. The van der Waals surface area contributed by atoms with Gasteiger partial charge in [0, 0.05) is 29.9 Å². The Morgan fingerprint density at radius 2 is 1.69 bits per heavy atom. The zero-order chi connectivity index (χ0) is 18.5. The second kappa shape index (κ2) is 8.15. The highest BCUT2D eigenvalue weighted by atomic mass is 16.5. The Morgan fingerprint density at radius 1 is 1.00 bits per heavy atom. The van der Waals surface area contributed by atoms with Crippen molar-refractivity contribution in [3.8, 4) is 0 Å². The van der Waals surface area contributed by atoms with Crippen molar-refractivity contribution in [1.82, 2.24) is 4.90 Å². The average molecular weight is 352 g/mol. The molecule has 0 spiro atoms. The maximum atomic E-state index is 12.7. The Labute approximate surface area is 154 Å². The highest BCUT2D eigenvalue weighted by molar-refractivity contribution is 6.06. The first kappa shape index (κ1) is 18.1. The summed E-state index contributed by atoms with van der Waals surface area (Å²) in [5, 5.41) is 2.97. The predicted octanol–water partition coefficient (Wildman–Crippen LogP) is 3.53. The molecule has 0 atom stereocenters. The zero-order valence-electron chi connectivity index (χ0n) is 15.2. The lowest BCUT2D eigenvalue weighted by atomic mass is 10.0. The third kappa shape index (κ3) is 4.11. The summed E-state index contributed by atoms with van der Waals surface area (Å²) >= 11 is 0. The smallest absolute Gasteiger partial charge is 0.255 e. The molecule has 1 fully saturated rings. The van der Waals surface area contributed by atoms with Crippen molar-refractivity contribution < 1.29 is 14.3 Å². The molecule has 2 aromatic carbocycles. The van der Waals surface area contributed by atoms with Crippen LogP contribution in [0, 0.1) is 0 Å². The van der Waals surface area contributed by atoms with Crippen molar-refractivity contribution in [2.45, 2.75) is 19.8 Å². The molecule has 2 amide bonds. The van der Waals surface area contributed by atoms with Gasteiger partial charge in [0.05, 0.1) is 13.2 Å². The molecule has 1 aliphatic heterocycles. The molecule has 1 aliphatic rings. The minimum atomic E-state index is -0.213. The van der Waals surface area contributed by atoms with Gasteiger partial charge in [-0.2, -0.15) is 0 Å². The van der Waals surface area contributed by atoms with E-state index in [2.05, 4.69) is 19.2 Å². The summed E-state index contributed by atoms with van der Waals surface area (Å²) in [6, 6.07) is 14.7. The van der Waals surface area contributed by atoms with Crippen molar-refractivity contribution in [3.63, 3.8) is 0 Å². The van der Waals surface area contributed by atoms with Gasteiger partial charge >= 0.3 is 0 Å². The number of rotatable bonds is 4. The van der Waals surface area contributed by atoms with Gasteiger partial charge in [-0.1, -0.05) is 38.1 Å². The van der Waals surface area contributed by atoms with Gasteiger partial charge in [0.2, 0.25) is 0 Å². The summed E-state index contributed by atoms with van der Waals surface area (Å²) in [5.41, 5.74) is 2.89. The second-order valence-corrected chi connectivity index (χ2v) is 6.68. The quantitative estimate of drug-likeness (QED) is 0.916. The number of benzene rings is 2. The molecule has 26 heavy (non-hydrogen) atoms. The van der Waals surface area contributed by atoms with E-state index in [1.165, 1.54) is 0 Å². The molecule has 0 radical (unpaired) electrons. The lowest BCUT2D eigenvalue weighted by molar-refractivity contribution is 0.0303. The van der Waals surface area contributed by atoms with Gasteiger partial charge in [0.25, 0.3) is 11.8 Å². The van der Waals surface area contributed by atoms with E-state index in [1.54, 1.807) is 29.2 Å². The molecule has 0 bridgehead atoms. The molecule has 136 valence electrons. The van der Waals surface area contributed by atoms with E-state index >= 15 is 0 Å². The SMILES string of the molecule is CC(C)c1ccccc1NC(=O)c1cccc(C(=O)N2CCOCC2)c1. The maximum absolute atomic E-state index is 12.7. The van der Waals surface area contributed by atoms with E-state index in [-0.39, 0.29) is 11.8 Å². The Balaban J connectivity index is 1.77. The number of ether oxygens (including phenoxy) is 1. The van der Waals surface area contributed by atoms with Gasteiger partial charge in [0.15, 0.2) is 0 Å². The summed E-state index contributed by atoms with van der Waals surface area (Å²) in [6.45, 7) is 6.45. The van der Waals surface area contributed by atoms with Crippen molar-refractivity contribution >= 4 is 17.5 Å². The summed E-state index contributed by atoms with van der Waals surface area (Å²) in [5.74, 6) is 0.0287. The fourth-order valence-corrected chi connectivity index (χ4v) is 3.05. The first-order chi connectivity index (χ1) is 12.6. The molecule has 5 heteroatoms. The molecule has 0 saturated carbocycles. The molecule has 3 rings (SSSR count). The number of hydrogen-bond acceptors (Lipinski definition) is 3. The third-order valence-electron chi connectivity index (χ3n) is 4.50. The fourth-order valence-electron chi connectivity index (χ4n) is 3.05. The van der Waals surface area contributed by atoms with Gasteiger partial charge in [-0.25, -0.2) is 0 Å². The second-order valence-electron chi connectivity index (χ2n) is 6.68. The summed E-state index contributed by atoms with van der Waals surface area (Å²) in [7, 11) is 0. The largest absolute Gasteiger partial charge is 0.378 e. The van der Waals surface area contributed by atoms with Crippen molar-refractivity contribution in [3.05, 3.63) is 65.2 Å². The van der Waals surface area contributed by atoms with E-state index in [4.69, 9.17) is 4.74 Å². The van der Waals surface area contributed by atoms with Crippen LogP contribution in [0.4, 0.5) is 5.69 Å². The molecule has 0 aliphatic carbocycles. The van der Waals surface area contributed by atoms with Gasteiger partial charge < -0.3 is 15.0 Å². The molecule has 0 aromatic heterocycles. The minimum absolute atomic E-state index is 0.0643. The Bertz CT molecular complexity index is 795. The van der Waals surface area contributed by atoms with Crippen LogP contribution >= 0.6 is 0 Å². The first-order valence-corrected chi connectivity index (χ1v) is 8.93. The number of amides is 2. The van der Waals surface area contributed by atoms with E-state index in [1.807, 2.05) is 24.3 Å². The molecular weight excluding hydrogens is 328 g/mol. The van der Waals surface area contributed by atoms with Gasteiger partial charge in [-0.3, -0.25) is 9.59 Å². The topological polar surface area (TPSA) is 58.6 Å². The summed E-state index contributed by atoms with van der Waals surface area (Å²) < 4.78 is 5.29. The molecule has 1 N–H and O–H groups in total. The van der Waals surface area contributed by atoms with Crippen LogP contribution in [0.15, 0.2) is 48.5 Å². The third-order valence-corrected chi connectivity index (χ3v) is 4.50. The number of carbonyl (C=O) groups is 2. The van der Waals surface area contributed by atoms with Crippen LogP contribution in [-0.2, 0) is 4.74 Å². The number of nitrogens with zero attached hydrogens (tertiary/aromatic N) is 1. The molecule has 1 heterocycles. The monoisotopic (exact) mass is 352 g/mol. The standard InChI is InChI=1S/C21H24N2O3/c1-15(2)18-8-3-4-9-19(18)22-20(24)16-6-5-7-17(14-16)21(25)23-10-12-26-13-11-23/h3-9,14-15H,10-13H2,1-2H3,(H,22,24). The number of carbonyl (C=O) groups excluding carboxylic acids is 2. The predicted molar refractivity (Wildman–Crippen MR) is 102 cm³/mol. The zero-order valence-corrected chi connectivity index (χ0v) is 15.2. The number of para-hydroxylation sites is 1. The van der Waals surface area contributed by atoms with Crippen LogP contribution < -0.4 is 5.32 Å². The van der Waals surface area contributed by atoms with Crippen LogP contribution in [0.1, 0.15) is 46.0 Å². The lowest BCUT2D eigenvalue weighted by Crippen LogP contribution is -2.40. The molecular formula is C21H24N2O3. The van der Waals surface area contributed by atoms with Gasteiger partial charge in [0.1, 0.15) is 0 Å². The number of anilines is 1. The number of nitrogens with one attached hydrogen (secondary N) is 1. The number of hydrogen-bond donors (Lipinski definition) is 1. The van der Waals surface area contributed by atoms with Crippen molar-refractivity contribution in [2.24, 2.45) is 0 Å². The maximum Gasteiger partial charge on any atom is 0.255 e. The highest BCUT2D eigenvalue weighted by Gasteiger charge is 2.19. The highest BCUT2D eigenvalue weighted by Crippen LogP contribution is 2.24. The van der Waals surface area contributed by atoms with E-state index < -0.39 is 0 Å². The molecule has 1 saturated heterocycles. The van der Waals surface area contributed by atoms with E-state index in [9.17, 15) is 9.59 Å².